The van der Waals surface area contributed by atoms with Gasteiger partial charge in [-0.1, -0.05) is 11.6 Å². The van der Waals surface area contributed by atoms with Gasteiger partial charge in [0.25, 0.3) is 0 Å². The molecule has 0 saturated heterocycles. The molecule has 2 aromatic carbocycles. The molecule has 0 aliphatic heterocycles. The minimum Gasteiger partial charge on any atom is -0.496 e. The fraction of sp³-hybridized carbons (Fsp3) is 0.235. The van der Waals surface area contributed by atoms with E-state index in [4.69, 9.17) is 16.3 Å². The summed E-state index contributed by atoms with van der Waals surface area (Å²) in [6, 6.07) is 8.27. The Hall–Kier alpha value is -1.79. The molecule has 0 fully saturated rings. The number of nitrogens with one attached hydrogen (secondary N) is 1. The van der Waals surface area contributed by atoms with Crippen molar-refractivity contribution in [1.82, 2.24) is 0 Å². The summed E-state index contributed by atoms with van der Waals surface area (Å²) in [5.74, 6) is -0.682. The fourth-order valence-corrected chi connectivity index (χ4v) is 3.04. The highest BCUT2D eigenvalue weighted by Crippen LogP contribution is 2.28. The molecule has 0 spiro atoms. The minimum absolute atomic E-state index is 0.0470. The van der Waals surface area contributed by atoms with Crippen LogP contribution in [0.25, 0.3) is 0 Å². The van der Waals surface area contributed by atoms with Gasteiger partial charge in [0.2, 0.25) is 5.91 Å². The predicted octanol–water partition coefficient (Wildman–Crippen LogP) is 4.89. The van der Waals surface area contributed by atoms with Gasteiger partial charge < -0.3 is 10.1 Å². The van der Waals surface area contributed by atoms with Crippen molar-refractivity contribution in [2.75, 3.05) is 12.4 Å². The summed E-state index contributed by atoms with van der Waals surface area (Å²) in [5, 5.41) is 2.59. The molecule has 0 aromatic heterocycles. The van der Waals surface area contributed by atoms with Crippen LogP contribution >= 0.6 is 23.4 Å². The Labute approximate surface area is 148 Å². The van der Waals surface area contributed by atoms with E-state index >= 15 is 0 Å². The number of thioether (sulfide) groups is 1. The van der Waals surface area contributed by atoms with Crippen LogP contribution in [0.15, 0.2) is 36.4 Å². The zero-order valence-electron chi connectivity index (χ0n) is 13.1. The van der Waals surface area contributed by atoms with E-state index in [-0.39, 0.29) is 11.6 Å². The number of hydrogen-bond acceptors (Lipinski definition) is 3. The smallest absolute Gasteiger partial charge is 0.237 e. The average Bonchev–Trinajstić information content (AvgIpc) is 2.55. The van der Waals surface area contributed by atoms with Gasteiger partial charge in [-0.05, 0) is 37.3 Å². The summed E-state index contributed by atoms with van der Waals surface area (Å²) in [7, 11) is 1.56. The molecule has 1 atom stereocenters. The van der Waals surface area contributed by atoms with Gasteiger partial charge in [0.15, 0.2) is 0 Å². The number of carbonyl (C=O) groups excluding carboxylic acids is 1. The lowest BCUT2D eigenvalue weighted by Gasteiger charge is -2.14. The minimum atomic E-state index is -0.808. The van der Waals surface area contributed by atoms with Crippen molar-refractivity contribution in [3.63, 3.8) is 0 Å². The molecule has 2 rings (SSSR count). The number of carbonyl (C=O) groups is 1. The van der Waals surface area contributed by atoms with Crippen LogP contribution in [-0.2, 0) is 10.5 Å². The van der Waals surface area contributed by atoms with Crippen molar-refractivity contribution in [2.45, 2.75) is 17.9 Å². The molecule has 7 heteroatoms. The van der Waals surface area contributed by atoms with Crippen LogP contribution in [0.5, 0.6) is 5.75 Å². The van der Waals surface area contributed by atoms with Crippen molar-refractivity contribution in [1.29, 1.82) is 0 Å². The van der Waals surface area contributed by atoms with Gasteiger partial charge >= 0.3 is 0 Å². The maximum atomic E-state index is 13.6. The fourth-order valence-electron chi connectivity index (χ4n) is 1.98. The van der Waals surface area contributed by atoms with Crippen molar-refractivity contribution in [3.05, 3.63) is 58.6 Å². The highest BCUT2D eigenvalue weighted by molar-refractivity contribution is 7.99. The van der Waals surface area contributed by atoms with E-state index in [1.807, 2.05) is 0 Å². The second-order valence-corrected chi connectivity index (χ2v) is 6.79. The summed E-state index contributed by atoms with van der Waals surface area (Å²) < 4.78 is 31.7. The van der Waals surface area contributed by atoms with E-state index in [1.54, 1.807) is 32.2 Å². The van der Waals surface area contributed by atoms with Crippen LogP contribution in [0, 0.1) is 11.6 Å². The first-order chi connectivity index (χ1) is 11.4. The summed E-state index contributed by atoms with van der Waals surface area (Å²) in [6.07, 6.45) is 0. The van der Waals surface area contributed by atoms with Crippen LogP contribution in [0.3, 0.4) is 0 Å². The van der Waals surface area contributed by atoms with Gasteiger partial charge in [-0.2, -0.15) is 0 Å². The second-order valence-electron chi connectivity index (χ2n) is 5.02. The molecule has 0 saturated carbocycles. The molecule has 0 bridgehead atoms. The van der Waals surface area contributed by atoms with Crippen LogP contribution in [-0.4, -0.2) is 18.3 Å². The average molecular weight is 372 g/mol. The van der Waals surface area contributed by atoms with E-state index in [2.05, 4.69) is 5.32 Å². The van der Waals surface area contributed by atoms with Gasteiger partial charge in [0.1, 0.15) is 17.4 Å². The standard InChI is InChI=1S/C17H16ClF2NO2S/c1-10(17(22)21-15-5-4-13(19)8-14(15)20)24-9-11-7-12(18)3-6-16(11)23-2/h3-8,10H,9H2,1-2H3,(H,21,22). The Morgan fingerprint density at radius 3 is 2.71 bits per heavy atom. The molecule has 1 N–H and O–H groups in total. The van der Waals surface area contributed by atoms with Crippen LogP contribution < -0.4 is 10.1 Å². The van der Waals surface area contributed by atoms with E-state index in [1.165, 1.54) is 17.8 Å². The van der Waals surface area contributed by atoms with Crippen LogP contribution in [0.2, 0.25) is 5.02 Å². The van der Waals surface area contributed by atoms with Gasteiger partial charge in [-0.3, -0.25) is 4.79 Å². The lowest BCUT2D eigenvalue weighted by molar-refractivity contribution is -0.115. The van der Waals surface area contributed by atoms with Crippen LogP contribution in [0.4, 0.5) is 14.5 Å². The molecule has 0 aliphatic carbocycles. The van der Waals surface area contributed by atoms with Crippen molar-refractivity contribution in [3.8, 4) is 5.75 Å². The van der Waals surface area contributed by atoms with Crippen LogP contribution in [0.1, 0.15) is 12.5 Å². The zero-order valence-corrected chi connectivity index (χ0v) is 14.7. The first kappa shape index (κ1) is 18.5. The molecule has 0 heterocycles. The largest absolute Gasteiger partial charge is 0.496 e. The zero-order chi connectivity index (χ0) is 17.7. The number of amides is 1. The van der Waals surface area contributed by atoms with E-state index in [0.717, 1.165) is 17.7 Å². The molecule has 128 valence electrons. The topological polar surface area (TPSA) is 38.3 Å². The first-order valence-electron chi connectivity index (χ1n) is 7.10. The number of halogens is 3. The summed E-state index contributed by atoms with van der Waals surface area (Å²) in [6.45, 7) is 1.71. The summed E-state index contributed by atoms with van der Waals surface area (Å²) in [4.78, 5) is 12.1. The third-order valence-corrected chi connectivity index (χ3v) is 4.72. The van der Waals surface area contributed by atoms with Crippen molar-refractivity contribution >= 4 is 35.0 Å². The maximum Gasteiger partial charge on any atom is 0.237 e. The van der Waals surface area contributed by atoms with Gasteiger partial charge in [0.05, 0.1) is 18.0 Å². The third-order valence-electron chi connectivity index (χ3n) is 3.29. The number of hydrogen-bond donors (Lipinski definition) is 1. The van der Waals surface area contributed by atoms with Gasteiger partial charge in [0, 0.05) is 22.4 Å². The molecule has 0 aliphatic rings. The summed E-state index contributed by atoms with van der Waals surface area (Å²) in [5.41, 5.74) is 0.816. The number of rotatable bonds is 6. The highest BCUT2D eigenvalue weighted by atomic mass is 35.5. The molecule has 3 nitrogen and oxygen atoms in total. The molecule has 1 unspecified atom stereocenters. The number of methoxy groups -OCH3 is 1. The van der Waals surface area contributed by atoms with Gasteiger partial charge in [-0.15, -0.1) is 11.8 Å². The maximum absolute atomic E-state index is 13.6. The highest BCUT2D eigenvalue weighted by Gasteiger charge is 2.17. The first-order valence-corrected chi connectivity index (χ1v) is 8.53. The summed E-state index contributed by atoms with van der Waals surface area (Å²) >= 11 is 7.33. The normalized spacial score (nSPS) is 11.9. The quantitative estimate of drug-likeness (QED) is 0.785. The Bertz CT molecular complexity index is 743. The molecule has 2 aromatic rings. The monoisotopic (exact) mass is 371 g/mol. The number of benzene rings is 2. The number of ether oxygens (including phenoxy) is 1. The Morgan fingerprint density at radius 1 is 1.29 bits per heavy atom. The molecule has 24 heavy (non-hydrogen) atoms. The van der Waals surface area contributed by atoms with Crippen molar-refractivity contribution < 1.29 is 18.3 Å². The number of anilines is 1. The van der Waals surface area contributed by atoms with E-state index < -0.39 is 16.9 Å². The third kappa shape index (κ3) is 4.85. The molecular weight excluding hydrogens is 356 g/mol. The molecular formula is C17H16ClF2NO2S. The van der Waals surface area contributed by atoms with E-state index in [9.17, 15) is 13.6 Å². The predicted molar refractivity (Wildman–Crippen MR) is 93.7 cm³/mol. The SMILES string of the molecule is COc1ccc(Cl)cc1CSC(C)C(=O)Nc1ccc(F)cc1F. The van der Waals surface area contributed by atoms with E-state index in [0.29, 0.717) is 16.5 Å². The Balaban J connectivity index is 1.98. The Morgan fingerprint density at radius 2 is 2.04 bits per heavy atom. The van der Waals surface area contributed by atoms with Gasteiger partial charge in [-0.25, -0.2) is 8.78 Å². The van der Waals surface area contributed by atoms with Crippen molar-refractivity contribution in [2.24, 2.45) is 0 Å². The molecule has 0 radical (unpaired) electrons. The second kappa shape index (κ2) is 8.35. The lowest BCUT2D eigenvalue weighted by atomic mass is 10.2. The Kier molecular flexibility index (Phi) is 6.45. The molecule has 1 amide bonds. The lowest BCUT2D eigenvalue weighted by Crippen LogP contribution is -2.23.